The fourth-order valence-corrected chi connectivity index (χ4v) is 5.80. The van der Waals surface area contributed by atoms with Gasteiger partial charge in [0.05, 0.1) is 10.5 Å². The molecule has 1 atom stereocenters. The minimum Gasteiger partial charge on any atom is -0.324 e. The summed E-state index contributed by atoms with van der Waals surface area (Å²) in [5.41, 5.74) is 0.221. The molecule has 2 aromatic heterocycles. The monoisotopic (exact) mass is 494 g/mol. The van der Waals surface area contributed by atoms with Gasteiger partial charge in [0, 0.05) is 34.0 Å². The van der Waals surface area contributed by atoms with E-state index in [1.54, 1.807) is 13.0 Å². The van der Waals surface area contributed by atoms with Crippen LogP contribution in [-0.2, 0) is 9.05 Å². The average molecular weight is 495 g/mol. The Balaban J connectivity index is 1.61. The number of nitrogens with one attached hydrogen (secondary N) is 1. The summed E-state index contributed by atoms with van der Waals surface area (Å²) in [6.07, 6.45) is 3.18. The highest BCUT2D eigenvalue weighted by Gasteiger charge is 2.53. The lowest BCUT2D eigenvalue weighted by Crippen LogP contribution is -2.31. The summed E-state index contributed by atoms with van der Waals surface area (Å²) in [5.74, 6) is 0.174. The lowest BCUT2D eigenvalue weighted by Gasteiger charge is -2.24. The molecule has 0 saturated heterocycles. The van der Waals surface area contributed by atoms with Crippen molar-refractivity contribution in [2.24, 2.45) is 5.41 Å². The van der Waals surface area contributed by atoms with E-state index in [2.05, 4.69) is 15.3 Å². The van der Waals surface area contributed by atoms with Crippen molar-refractivity contribution < 1.29 is 17.2 Å². The zero-order chi connectivity index (χ0) is 23.5. The Morgan fingerprint density at radius 2 is 2.00 bits per heavy atom. The van der Waals surface area contributed by atoms with E-state index in [9.17, 15) is 22.0 Å². The van der Waals surface area contributed by atoms with E-state index in [4.69, 9.17) is 10.7 Å². The molecule has 2 heterocycles. The van der Waals surface area contributed by atoms with E-state index in [0.717, 1.165) is 32.1 Å². The Kier molecular flexibility index (Phi) is 5.20. The minimum absolute atomic E-state index is 0.00445. The summed E-state index contributed by atoms with van der Waals surface area (Å²) in [4.78, 5) is 21.9. The highest BCUT2D eigenvalue weighted by Crippen LogP contribution is 2.63. The molecule has 2 aliphatic carbocycles. The van der Waals surface area contributed by atoms with Crippen LogP contribution in [0.2, 0.25) is 0 Å². The number of nitrogens with zero attached hydrogens (tertiary/aromatic N) is 3. The highest BCUT2D eigenvalue weighted by atomic mass is 35.7. The summed E-state index contributed by atoms with van der Waals surface area (Å²) in [5, 5.41) is 3.40. The van der Waals surface area contributed by atoms with Crippen LogP contribution in [0.15, 0.2) is 40.2 Å². The second-order valence-corrected chi connectivity index (χ2v) is 11.4. The van der Waals surface area contributed by atoms with Gasteiger partial charge < -0.3 is 5.32 Å². The van der Waals surface area contributed by atoms with Crippen LogP contribution >= 0.6 is 10.7 Å². The first-order valence-electron chi connectivity index (χ1n) is 10.6. The van der Waals surface area contributed by atoms with Crippen molar-refractivity contribution in [3.05, 3.63) is 51.9 Å². The lowest BCUT2D eigenvalue weighted by atomic mass is 9.99. The van der Waals surface area contributed by atoms with Crippen LogP contribution in [0, 0.1) is 12.3 Å². The number of anilines is 2. The van der Waals surface area contributed by atoms with Crippen molar-refractivity contribution in [3.8, 4) is 0 Å². The first-order valence-corrected chi connectivity index (χ1v) is 12.9. The van der Waals surface area contributed by atoms with Gasteiger partial charge in [-0.1, -0.05) is 6.42 Å². The number of alkyl halides is 2. The smallest absolute Gasteiger partial charge is 0.269 e. The van der Waals surface area contributed by atoms with E-state index in [1.165, 1.54) is 29.0 Å². The molecule has 1 spiro atoms. The number of benzene rings is 1. The third-order valence-corrected chi connectivity index (χ3v) is 8.18. The molecule has 7 nitrogen and oxygen atoms in total. The van der Waals surface area contributed by atoms with E-state index >= 15 is 0 Å². The Labute approximate surface area is 193 Å². The van der Waals surface area contributed by atoms with Crippen molar-refractivity contribution in [2.75, 3.05) is 5.32 Å². The average Bonchev–Trinajstić information content (AvgIpc) is 3.41. The number of pyridine rings is 1. The maximum Gasteiger partial charge on any atom is 0.269 e. The molecule has 11 heteroatoms. The molecule has 0 radical (unpaired) electrons. The molecule has 33 heavy (non-hydrogen) atoms. The topological polar surface area (TPSA) is 94.0 Å². The normalized spacial score (nSPS) is 19.5. The molecule has 2 saturated carbocycles. The fraction of sp³-hybridized carbons (Fsp3) is 0.409. The van der Waals surface area contributed by atoms with Crippen LogP contribution in [-0.4, -0.2) is 23.0 Å². The SMILES string of the molecule is Cc1cc(S(=O)(=O)Cl)ccc1Nc1ncc2cc(C(F)F)c(=O)n(C3CCCC34CC4)c2n1. The van der Waals surface area contributed by atoms with Crippen LogP contribution in [0.1, 0.15) is 55.7 Å². The van der Waals surface area contributed by atoms with Gasteiger partial charge in [-0.3, -0.25) is 9.36 Å². The van der Waals surface area contributed by atoms with Crippen LogP contribution in [0.3, 0.4) is 0 Å². The molecule has 1 N–H and O–H groups in total. The number of fused-ring (bicyclic) bond motifs is 1. The van der Waals surface area contributed by atoms with Gasteiger partial charge >= 0.3 is 0 Å². The summed E-state index contributed by atoms with van der Waals surface area (Å²) < 4.78 is 51.9. The number of hydrogen-bond donors (Lipinski definition) is 1. The van der Waals surface area contributed by atoms with Crippen LogP contribution in [0.25, 0.3) is 11.0 Å². The second kappa shape index (κ2) is 7.73. The molecule has 5 rings (SSSR count). The van der Waals surface area contributed by atoms with E-state index in [1.807, 2.05) is 0 Å². The summed E-state index contributed by atoms with van der Waals surface area (Å²) in [6, 6.07) is 5.33. The quantitative estimate of drug-likeness (QED) is 0.489. The maximum atomic E-state index is 13.6. The van der Waals surface area contributed by atoms with Gasteiger partial charge in [-0.2, -0.15) is 4.98 Å². The molecule has 2 fully saturated rings. The predicted molar refractivity (Wildman–Crippen MR) is 121 cm³/mol. The maximum absolute atomic E-state index is 13.6. The Hall–Kier alpha value is -2.59. The van der Waals surface area contributed by atoms with Gasteiger partial charge in [0.1, 0.15) is 5.65 Å². The Morgan fingerprint density at radius 1 is 1.24 bits per heavy atom. The van der Waals surface area contributed by atoms with Crippen LogP contribution in [0.5, 0.6) is 0 Å². The lowest BCUT2D eigenvalue weighted by molar-refractivity contribution is 0.148. The molecule has 1 aromatic carbocycles. The molecular formula is C22H21ClF2N4O3S. The Bertz CT molecular complexity index is 1440. The predicted octanol–water partition coefficient (Wildman–Crippen LogP) is 5.21. The van der Waals surface area contributed by atoms with Gasteiger partial charge in [0.25, 0.3) is 21.0 Å². The van der Waals surface area contributed by atoms with Gasteiger partial charge in [0.2, 0.25) is 5.95 Å². The van der Waals surface area contributed by atoms with Gasteiger partial charge in [0.15, 0.2) is 0 Å². The third-order valence-electron chi connectivity index (χ3n) is 6.82. The molecular weight excluding hydrogens is 474 g/mol. The van der Waals surface area contributed by atoms with Crippen molar-refractivity contribution in [1.29, 1.82) is 0 Å². The summed E-state index contributed by atoms with van der Waals surface area (Å²) in [6.45, 7) is 1.70. The minimum atomic E-state index is -3.87. The summed E-state index contributed by atoms with van der Waals surface area (Å²) >= 11 is 0. The molecule has 1 unspecified atom stereocenters. The molecule has 174 valence electrons. The molecule has 0 aliphatic heterocycles. The van der Waals surface area contributed by atoms with Crippen LogP contribution < -0.4 is 10.9 Å². The molecule has 3 aromatic rings. The van der Waals surface area contributed by atoms with Crippen molar-refractivity contribution in [1.82, 2.24) is 14.5 Å². The van der Waals surface area contributed by atoms with Crippen LogP contribution in [0.4, 0.5) is 20.4 Å². The molecule has 0 bridgehead atoms. The standard InChI is InChI=1S/C22H21ClF2N4O3S/c1-12-9-14(33(23,31)32)4-5-16(12)27-21-26-11-13-10-15(18(24)25)20(30)29(19(13)28-21)17-3-2-6-22(17)7-8-22/h4-5,9-11,17-18H,2-3,6-8H2,1H3,(H,26,27,28). The van der Waals surface area contributed by atoms with Crippen molar-refractivity contribution in [2.45, 2.75) is 56.4 Å². The number of aromatic nitrogens is 3. The summed E-state index contributed by atoms with van der Waals surface area (Å²) in [7, 11) is 1.54. The van der Waals surface area contributed by atoms with E-state index in [0.29, 0.717) is 22.3 Å². The van der Waals surface area contributed by atoms with Gasteiger partial charge in [-0.25, -0.2) is 22.2 Å². The van der Waals surface area contributed by atoms with E-state index in [-0.39, 0.29) is 22.3 Å². The number of rotatable bonds is 5. The first kappa shape index (κ1) is 22.2. The van der Waals surface area contributed by atoms with Gasteiger partial charge in [-0.15, -0.1) is 0 Å². The number of aryl methyl sites for hydroxylation is 1. The number of halogens is 3. The van der Waals surface area contributed by atoms with Gasteiger partial charge in [-0.05, 0) is 67.9 Å². The van der Waals surface area contributed by atoms with E-state index < -0.39 is 26.6 Å². The highest BCUT2D eigenvalue weighted by molar-refractivity contribution is 8.13. The zero-order valence-electron chi connectivity index (χ0n) is 17.7. The third kappa shape index (κ3) is 3.89. The fourth-order valence-electron chi connectivity index (χ4n) is 4.96. The van der Waals surface area contributed by atoms with Crippen molar-refractivity contribution in [3.63, 3.8) is 0 Å². The first-order chi connectivity index (χ1) is 15.6. The zero-order valence-corrected chi connectivity index (χ0v) is 19.3. The largest absolute Gasteiger partial charge is 0.324 e. The second-order valence-electron chi connectivity index (χ2n) is 8.86. The van der Waals surface area contributed by atoms with Crippen molar-refractivity contribution >= 4 is 42.4 Å². The Morgan fingerprint density at radius 3 is 2.64 bits per heavy atom. The number of hydrogen-bond acceptors (Lipinski definition) is 6. The molecule has 2 aliphatic rings. The molecule has 0 amide bonds.